The van der Waals surface area contributed by atoms with E-state index >= 15 is 0 Å². The number of benzene rings is 1. The van der Waals surface area contributed by atoms with Crippen LogP contribution >= 0.6 is 0 Å². The molecule has 0 spiro atoms. The zero-order chi connectivity index (χ0) is 21.6. The first-order chi connectivity index (χ1) is 13.7. The monoisotopic (exact) mass is 402 g/mol. The molecule has 1 aromatic carbocycles. The fourth-order valence-electron chi connectivity index (χ4n) is 2.58. The van der Waals surface area contributed by atoms with Gasteiger partial charge in [-0.15, -0.1) is 0 Å². The molecule has 0 aliphatic heterocycles. The van der Waals surface area contributed by atoms with Gasteiger partial charge in [-0.3, -0.25) is 14.9 Å². The maximum Gasteiger partial charge on any atom is 0.359 e. The third-order valence-corrected chi connectivity index (χ3v) is 4.18. The molecule has 3 amide bonds. The largest absolute Gasteiger partial charge is 0.451 e. The van der Waals surface area contributed by atoms with E-state index in [1.54, 1.807) is 31.2 Å². The summed E-state index contributed by atoms with van der Waals surface area (Å²) in [5.41, 5.74) is -0.358. The lowest BCUT2D eigenvalue weighted by molar-refractivity contribution is -0.123. The highest BCUT2D eigenvalue weighted by molar-refractivity contribution is 6.03. The Kier molecular flexibility index (Phi) is 7.46. The van der Waals surface area contributed by atoms with E-state index in [0.717, 1.165) is 0 Å². The maximum absolute atomic E-state index is 12.6. The summed E-state index contributed by atoms with van der Waals surface area (Å²) in [7, 11) is 0. The molecule has 156 valence electrons. The Morgan fingerprint density at radius 1 is 1.14 bits per heavy atom. The van der Waals surface area contributed by atoms with E-state index in [9.17, 15) is 19.2 Å². The van der Waals surface area contributed by atoms with Gasteiger partial charge in [-0.2, -0.15) is 5.10 Å². The van der Waals surface area contributed by atoms with Crippen LogP contribution in [0.2, 0.25) is 0 Å². The van der Waals surface area contributed by atoms with Crippen LogP contribution in [0.5, 0.6) is 0 Å². The number of hydrogen-bond acceptors (Lipinski definition) is 6. The summed E-state index contributed by atoms with van der Waals surface area (Å²) in [4.78, 5) is 48.6. The number of imide groups is 1. The summed E-state index contributed by atoms with van der Waals surface area (Å²) in [6.07, 6.45) is 0.710. The van der Waals surface area contributed by atoms with Crippen LogP contribution in [0.15, 0.2) is 29.1 Å². The molecule has 9 nitrogen and oxygen atoms in total. The van der Waals surface area contributed by atoms with E-state index in [1.807, 2.05) is 20.8 Å². The molecule has 2 rings (SSSR count). The highest BCUT2D eigenvalue weighted by atomic mass is 16.5. The number of aromatic nitrogens is 2. The predicted octanol–water partition coefficient (Wildman–Crippen LogP) is 1.83. The minimum atomic E-state index is -0.851. The molecule has 0 aliphatic rings. The van der Waals surface area contributed by atoms with Crippen molar-refractivity contribution in [2.45, 2.75) is 46.7 Å². The van der Waals surface area contributed by atoms with Gasteiger partial charge in [0, 0.05) is 18.0 Å². The number of ether oxygens (including phenoxy) is 1. The van der Waals surface area contributed by atoms with Gasteiger partial charge in [0.2, 0.25) is 0 Å². The van der Waals surface area contributed by atoms with Gasteiger partial charge in [-0.25, -0.2) is 14.3 Å². The SMILES string of the molecule is CC[C@@H](C)NC(=O)NC(=O)COC(=O)c1nn(CC(C)C)c(=O)c2ccccc12. The Hall–Kier alpha value is -3.23. The van der Waals surface area contributed by atoms with Crippen molar-refractivity contribution in [1.29, 1.82) is 0 Å². The molecule has 0 bridgehead atoms. The van der Waals surface area contributed by atoms with E-state index < -0.39 is 24.5 Å². The van der Waals surface area contributed by atoms with Crippen molar-refractivity contribution in [3.05, 3.63) is 40.3 Å². The summed E-state index contributed by atoms with van der Waals surface area (Å²) in [5, 5.41) is 9.50. The Balaban J connectivity index is 2.16. The number of amides is 3. The van der Waals surface area contributed by atoms with E-state index in [1.165, 1.54) is 4.68 Å². The molecule has 2 aromatic rings. The molecule has 1 aromatic heterocycles. The lowest BCUT2D eigenvalue weighted by atomic mass is 10.1. The highest BCUT2D eigenvalue weighted by Gasteiger charge is 2.20. The van der Waals surface area contributed by atoms with Gasteiger partial charge in [0.1, 0.15) is 0 Å². The van der Waals surface area contributed by atoms with Crippen LogP contribution in [0.4, 0.5) is 4.79 Å². The van der Waals surface area contributed by atoms with Gasteiger partial charge in [0.05, 0.1) is 5.39 Å². The number of urea groups is 1. The maximum atomic E-state index is 12.6. The molecule has 0 saturated carbocycles. The Morgan fingerprint density at radius 3 is 2.41 bits per heavy atom. The normalized spacial score (nSPS) is 11.9. The summed E-state index contributed by atoms with van der Waals surface area (Å²) in [5.74, 6) is -1.48. The zero-order valence-corrected chi connectivity index (χ0v) is 17.0. The second kappa shape index (κ2) is 9.81. The fraction of sp³-hybridized carbons (Fsp3) is 0.450. The van der Waals surface area contributed by atoms with E-state index in [0.29, 0.717) is 23.7 Å². The molecule has 1 atom stereocenters. The molecule has 1 heterocycles. The minimum absolute atomic E-state index is 0.0577. The molecule has 0 aliphatic carbocycles. The van der Waals surface area contributed by atoms with Gasteiger partial charge in [0.15, 0.2) is 12.3 Å². The van der Waals surface area contributed by atoms with Crippen molar-refractivity contribution < 1.29 is 19.1 Å². The first kappa shape index (κ1) is 22.1. The Bertz CT molecular complexity index is 967. The second-order valence-electron chi connectivity index (χ2n) is 7.18. The summed E-state index contributed by atoms with van der Waals surface area (Å²) < 4.78 is 6.25. The molecule has 0 saturated heterocycles. The lowest BCUT2D eigenvalue weighted by Crippen LogP contribution is -2.44. The number of rotatable bonds is 7. The van der Waals surface area contributed by atoms with Crippen molar-refractivity contribution in [3.8, 4) is 0 Å². The second-order valence-corrected chi connectivity index (χ2v) is 7.18. The Morgan fingerprint density at radius 2 is 1.79 bits per heavy atom. The molecule has 9 heteroatoms. The molecule has 29 heavy (non-hydrogen) atoms. The Labute approximate surface area is 168 Å². The number of fused-ring (bicyclic) bond motifs is 1. The quantitative estimate of drug-likeness (QED) is 0.682. The highest BCUT2D eigenvalue weighted by Crippen LogP contribution is 2.14. The van der Waals surface area contributed by atoms with Gasteiger partial charge < -0.3 is 10.1 Å². The van der Waals surface area contributed by atoms with Crippen LogP contribution in [-0.2, 0) is 16.1 Å². The zero-order valence-electron chi connectivity index (χ0n) is 17.0. The van der Waals surface area contributed by atoms with Crippen LogP contribution in [0, 0.1) is 5.92 Å². The molecule has 0 fully saturated rings. The average molecular weight is 402 g/mol. The number of nitrogens with zero attached hydrogens (tertiary/aromatic N) is 2. The van der Waals surface area contributed by atoms with Crippen LogP contribution in [-0.4, -0.2) is 40.3 Å². The van der Waals surface area contributed by atoms with Crippen molar-refractivity contribution in [2.75, 3.05) is 6.61 Å². The standard InChI is InChI=1S/C20H26N4O5/c1-5-13(4)21-20(28)22-16(25)11-29-19(27)17-14-8-6-7-9-15(14)18(26)24(23-17)10-12(2)3/h6-9,12-13H,5,10-11H2,1-4H3,(H2,21,22,25,28)/t13-/m1/s1. The van der Waals surface area contributed by atoms with Gasteiger partial charge in [-0.05, 0) is 25.3 Å². The van der Waals surface area contributed by atoms with E-state index in [2.05, 4.69) is 15.7 Å². The third kappa shape index (κ3) is 5.87. The molecule has 0 radical (unpaired) electrons. The van der Waals surface area contributed by atoms with E-state index in [4.69, 9.17) is 4.74 Å². The van der Waals surface area contributed by atoms with Crippen LogP contribution in [0.1, 0.15) is 44.6 Å². The number of hydrogen-bond donors (Lipinski definition) is 2. The summed E-state index contributed by atoms with van der Waals surface area (Å²) >= 11 is 0. The molecule has 0 unspecified atom stereocenters. The van der Waals surface area contributed by atoms with Crippen molar-refractivity contribution >= 4 is 28.7 Å². The average Bonchev–Trinajstić information content (AvgIpc) is 2.67. The van der Waals surface area contributed by atoms with Crippen LogP contribution in [0.3, 0.4) is 0 Å². The summed E-state index contributed by atoms with van der Waals surface area (Å²) in [6, 6.07) is 5.83. The lowest BCUT2D eigenvalue weighted by Gasteiger charge is -2.13. The molecular formula is C20H26N4O5. The third-order valence-electron chi connectivity index (χ3n) is 4.18. The van der Waals surface area contributed by atoms with Crippen molar-refractivity contribution in [1.82, 2.24) is 20.4 Å². The van der Waals surface area contributed by atoms with Crippen LogP contribution in [0.25, 0.3) is 10.8 Å². The number of esters is 1. The number of nitrogens with one attached hydrogen (secondary N) is 2. The van der Waals surface area contributed by atoms with Gasteiger partial charge >= 0.3 is 12.0 Å². The van der Waals surface area contributed by atoms with E-state index in [-0.39, 0.29) is 23.2 Å². The summed E-state index contributed by atoms with van der Waals surface area (Å²) in [6.45, 7) is 7.23. The fourth-order valence-corrected chi connectivity index (χ4v) is 2.58. The smallest absolute Gasteiger partial charge is 0.359 e. The van der Waals surface area contributed by atoms with Crippen molar-refractivity contribution in [2.24, 2.45) is 5.92 Å². The van der Waals surface area contributed by atoms with Crippen LogP contribution < -0.4 is 16.2 Å². The minimum Gasteiger partial charge on any atom is -0.451 e. The van der Waals surface area contributed by atoms with Gasteiger partial charge in [0.25, 0.3) is 11.5 Å². The predicted molar refractivity (Wildman–Crippen MR) is 108 cm³/mol. The molecular weight excluding hydrogens is 376 g/mol. The number of carbonyl (C=O) groups is 3. The first-order valence-electron chi connectivity index (χ1n) is 9.50. The first-order valence-corrected chi connectivity index (χ1v) is 9.50. The topological polar surface area (TPSA) is 119 Å². The van der Waals surface area contributed by atoms with Gasteiger partial charge in [-0.1, -0.05) is 39.0 Å². The van der Waals surface area contributed by atoms with Crippen molar-refractivity contribution in [3.63, 3.8) is 0 Å². The molecule has 2 N–H and O–H groups in total. The number of carbonyl (C=O) groups excluding carboxylic acids is 3.